The molecule has 32 heavy (non-hydrogen) atoms. The predicted molar refractivity (Wildman–Crippen MR) is 125 cm³/mol. The molecular weight excluding hydrogens is 404 g/mol. The molecule has 1 aromatic heterocycles. The second-order valence-electron chi connectivity index (χ2n) is 7.55. The van der Waals surface area contributed by atoms with Crippen LogP contribution in [0.2, 0.25) is 0 Å². The van der Waals surface area contributed by atoms with Crippen LogP contribution in [-0.2, 0) is 11.2 Å². The summed E-state index contributed by atoms with van der Waals surface area (Å²) < 4.78 is 2.18. The maximum Gasteiger partial charge on any atom is 0.269 e. The molecule has 0 aliphatic heterocycles. The molecule has 0 fully saturated rings. The lowest BCUT2D eigenvalue weighted by Crippen LogP contribution is -2.19. The van der Waals surface area contributed by atoms with Gasteiger partial charge in [0.1, 0.15) is 0 Å². The van der Waals surface area contributed by atoms with Gasteiger partial charge in [-0.25, -0.2) is 5.43 Å². The molecule has 0 unspecified atom stereocenters. The van der Waals surface area contributed by atoms with Gasteiger partial charge < -0.3 is 4.57 Å². The smallest absolute Gasteiger partial charge is 0.269 e. The number of nitro benzene ring substituents is 1. The Labute approximate surface area is 185 Å². The van der Waals surface area contributed by atoms with Gasteiger partial charge in [-0.1, -0.05) is 48.5 Å². The van der Waals surface area contributed by atoms with Gasteiger partial charge in [-0.3, -0.25) is 14.9 Å². The zero-order valence-electron chi connectivity index (χ0n) is 17.8. The molecule has 0 bridgehead atoms. The van der Waals surface area contributed by atoms with Crippen molar-refractivity contribution < 1.29 is 9.72 Å². The molecule has 1 N–H and O–H groups in total. The van der Waals surface area contributed by atoms with Crippen LogP contribution in [0, 0.1) is 24.0 Å². The molecule has 0 atom stereocenters. The van der Waals surface area contributed by atoms with Gasteiger partial charge in [0, 0.05) is 34.5 Å². The van der Waals surface area contributed by atoms with Crippen molar-refractivity contribution in [1.82, 2.24) is 9.99 Å². The number of aryl methyl sites for hydroxylation is 1. The van der Waals surface area contributed by atoms with Crippen molar-refractivity contribution in [3.8, 4) is 5.69 Å². The second-order valence-corrected chi connectivity index (χ2v) is 7.55. The molecule has 4 aromatic rings. The van der Waals surface area contributed by atoms with Crippen molar-refractivity contribution in [2.45, 2.75) is 20.3 Å². The number of amides is 1. The largest absolute Gasteiger partial charge is 0.317 e. The van der Waals surface area contributed by atoms with Crippen molar-refractivity contribution in [2.24, 2.45) is 5.10 Å². The number of non-ortho nitro benzene ring substituents is 1. The molecule has 0 radical (unpaired) electrons. The number of hydrogen-bond donors (Lipinski definition) is 1. The monoisotopic (exact) mass is 426 g/mol. The SMILES string of the molecule is Cc1cc(/C=N\NC(=O)Cc2ccc([N+](=O)[O-])cc2)c(C)n1-c1cccc2ccccc12. The molecule has 7 heteroatoms. The Morgan fingerprint density at radius 3 is 2.53 bits per heavy atom. The summed E-state index contributed by atoms with van der Waals surface area (Å²) in [6.45, 7) is 4.06. The third kappa shape index (κ3) is 4.27. The lowest BCUT2D eigenvalue weighted by Gasteiger charge is -2.12. The highest BCUT2D eigenvalue weighted by Crippen LogP contribution is 2.26. The first-order chi connectivity index (χ1) is 15.4. The fourth-order valence-corrected chi connectivity index (χ4v) is 3.83. The van der Waals surface area contributed by atoms with Gasteiger partial charge in [0.2, 0.25) is 5.91 Å². The van der Waals surface area contributed by atoms with Gasteiger partial charge in [-0.15, -0.1) is 0 Å². The van der Waals surface area contributed by atoms with Crippen LogP contribution in [0.1, 0.15) is 22.5 Å². The lowest BCUT2D eigenvalue weighted by atomic mass is 10.1. The summed E-state index contributed by atoms with van der Waals surface area (Å²) in [5.74, 6) is -0.294. The summed E-state index contributed by atoms with van der Waals surface area (Å²) in [6.07, 6.45) is 1.72. The van der Waals surface area contributed by atoms with Crippen molar-refractivity contribution in [3.63, 3.8) is 0 Å². The third-order valence-corrected chi connectivity index (χ3v) is 5.38. The van der Waals surface area contributed by atoms with Crippen molar-refractivity contribution in [2.75, 3.05) is 0 Å². The molecule has 0 aliphatic carbocycles. The van der Waals surface area contributed by atoms with Gasteiger partial charge in [0.25, 0.3) is 5.69 Å². The summed E-state index contributed by atoms with van der Waals surface area (Å²) in [7, 11) is 0. The number of carbonyl (C=O) groups excluding carboxylic acids is 1. The molecule has 0 aliphatic rings. The van der Waals surface area contributed by atoms with Crippen LogP contribution in [0.25, 0.3) is 16.5 Å². The molecule has 0 spiro atoms. The van der Waals surface area contributed by atoms with Crippen LogP contribution in [-0.4, -0.2) is 21.6 Å². The van der Waals surface area contributed by atoms with E-state index in [9.17, 15) is 14.9 Å². The van der Waals surface area contributed by atoms with E-state index in [2.05, 4.69) is 39.4 Å². The van der Waals surface area contributed by atoms with E-state index in [-0.39, 0.29) is 18.0 Å². The zero-order chi connectivity index (χ0) is 22.7. The Bertz CT molecular complexity index is 1330. The van der Waals surface area contributed by atoms with Crippen LogP contribution in [0.15, 0.2) is 77.9 Å². The Kier molecular flexibility index (Phi) is 5.81. The topological polar surface area (TPSA) is 89.5 Å². The molecule has 0 saturated heterocycles. The van der Waals surface area contributed by atoms with Gasteiger partial charge >= 0.3 is 0 Å². The summed E-state index contributed by atoms with van der Waals surface area (Å²) in [4.78, 5) is 22.4. The number of nitrogens with one attached hydrogen (secondary N) is 1. The number of fused-ring (bicyclic) bond motifs is 1. The van der Waals surface area contributed by atoms with Crippen molar-refractivity contribution >= 4 is 28.6 Å². The van der Waals surface area contributed by atoms with E-state index in [0.29, 0.717) is 5.56 Å². The van der Waals surface area contributed by atoms with E-state index >= 15 is 0 Å². The number of nitrogens with zero attached hydrogens (tertiary/aromatic N) is 3. The first-order valence-electron chi connectivity index (χ1n) is 10.2. The maximum atomic E-state index is 12.2. The summed E-state index contributed by atoms with van der Waals surface area (Å²) in [5, 5.41) is 17.2. The third-order valence-electron chi connectivity index (χ3n) is 5.38. The van der Waals surface area contributed by atoms with E-state index in [0.717, 1.165) is 28.0 Å². The minimum absolute atomic E-state index is 0.00580. The van der Waals surface area contributed by atoms with E-state index in [1.54, 1.807) is 18.3 Å². The molecule has 1 heterocycles. The van der Waals surface area contributed by atoms with Crippen LogP contribution >= 0.6 is 0 Å². The standard InChI is InChI=1S/C25H22N4O3/c1-17-14-21(16-26-27-25(30)15-19-10-12-22(13-11-19)29(31)32)18(2)28(17)24-9-5-7-20-6-3-4-8-23(20)24/h3-14,16H,15H2,1-2H3,(H,27,30)/b26-16-. The van der Waals surface area contributed by atoms with E-state index in [1.165, 1.54) is 17.5 Å². The minimum atomic E-state index is -0.469. The summed E-state index contributed by atoms with van der Waals surface area (Å²) >= 11 is 0. The quantitative estimate of drug-likeness (QED) is 0.272. The highest BCUT2D eigenvalue weighted by Gasteiger charge is 2.12. The van der Waals surface area contributed by atoms with E-state index in [4.69, 9.17) is 0 Å². The number of carbonyl (C=O) groups is 1. The number of hydrazone groups is 1. The van der Waals surface area contributed by atoms with Crippen LogP contribution in [0.3, 0.4) is 0 Å². The fourth-order valence-electron chi connectivity index (χ4n) is 3.83. The number of hydrogen-bond acceptors (Lipinski definition) is 4. The molecule has 0 saturated carbocycles. The van der Waals surface area contributed by atoms with Crippen LogP contribution < -0.4 is 5.43 Å². The molecule has 1 amide bonds. The predicted octanol–water partition coefficient (Wildman–Crippen LogP) is 4.85. The van der Waals surface area contributed by atoms with E-state index < -0.39 is 4.92 Å². The highest BCUT2D eigenvalue weighted by molar-refractivity contribution is 5.91. The van der Waals surface area contributed by atoms with Crippen molar-refractivity contribution in [3.05, 3.63) is 105 Å². The summed E-state index contributed by atoms with van der Waals surface area (Å²) in [5.41, 5.74) is 7.30. The average Bonchev–Trinajstić information content (AvgIpc) is 3.06. The molecule has 7 nitrogen and oxygen atoms in total. The Morgan fingerprint density at radius 2 is 1.78 bits per heavy atom. The van der Waals surface area contributed by atoms with Crippen molar-refractivity contribution in [1.29, 1.82) is 0 Å². The first-order valence-corrected chi connectivity index (χ1v) is 10.2. The van der Waals surface area contributed by atoms with Crippen LogP contribution in [0.4, 0.5) is 5.69 Å². The first kappa shape index (κ1) is 21.0. The number of rotatable bonds is 6. The lowest BCUT2D eigenvalue weighted by molar-refractivity contribution is -0.384. The number of nitro groups is 1. The molecule has 3 aromatic carbocycles. The summed E-state index contributed by atoms with van der Waals surface area (Å²) in [6, 6.07) is 22.4. The van der Waals surface area contributed by atoms with Gasteiger partial charge in [-0.2, -0.15) is 5.10 Å². The molecule has 4 rings (SSSR count). The van der Waals surface area contributed by atoms with Gasteiger partial charge in [0.05, 0.1) is 23.2 Å². The molecule has 160 valence electrons. The minimum Gasteiger partial charge on any atom is -0.317 e. The Hall–Kier alpha value is -4.26. The number of benzene rings is 3. The van der Waals surface area contributed by atoms with Gasteiger partial charge in [0.15, 0.2) is 0 Å². The van der Waals surface area contributed by atoms with E-state index in [1.807, 2.05) is 38.1 Å². The highest BCUT2D eigenvalue weighted by atomic mass is 16.6. The van der Waals surface area contributed by atoms with Gasteiger partial charge in [-0.05, 0) is 36.9 Å². The van der Waals surface area contributed by atoms with Crippen LogP contribution in [0.5, 0.6) is 0 Å². The fraction of sp³-hybridized carbons (Fsp3) is 0.120. The average molecular weight is 426 g/mol. The maximum absolute atomic E-state index is 12.2. The molecular formula is C25H22N4O3. The zero-order valence-corrected chi connectivity index (χ0v) is 17.8. The normalized spacial score (nSPS) is 11.2. The Balaban J connectivity index is 1.49. The second kappa shape index (κ2) is 8.85. The Morgan fingerprint density at radius 1 is 1.06 bits per heavy atom. The number of aromatic nitrogens is 1.